The first-order valence-electron chi connectivity index (χ1n) is 9.87. The maximum absolute atomic E-state index is 2.37. The molecule has 2 aliphatic rings. The predicted octanol–water partition coefficient (Wildman–Crippen LogP) is 7.63. The quantitative estimate of drug-likeness (QED) is 0.490. The Morgan fingerprint density at radius 3 is 1.38 bits per heavy atom. The summed E-state index contributed by atoms with van der Waals surface area (Å²) in [6.07, 6.45) is 0. The van der Waals surface area contributed by atoms with E-state index in [1.807, 2.05) is 0 Å². The van der Waals surface area contributed by atoms with Gasteiger partial charge in [-0.15, -0.1) is 0 Å². The summed E-state index contributed by atoms with van der Waals surface area (Å²) >= 11 is 0. The van der Waals surface area contributed by atoms with Gasteiger partial charge >= 0.3 is 0 Å². The number of hydrogen-bond acceptors (Lipinski definition) is 0. The van der Waals surface area contributed by atoms with E-state index in [-0.39, 0.29) is 0 Å². The van der Waals surface area contributed by atoms with Crippen LogP contribution in [0.5, 0.6) is 0 Å². The molecule has 0 saturated carbocycles. The normalized spacial score (nSPS) is 20.7. The second-order valence-corrected chi connectivity index (χ2v) is 8.59. The van der Waals surface area contributed by atoms with Crippen LogP contribution in [0.4, 0.5) is 0 Å². The van der Waals surface area contributed by atoms with Crippen LogP contribution in [-0.4, -0.2) is 0 Å². The van der Waals surface area contributed by atoms with Crippen molar-refractivity contribution in [3.05, 3.63) is 72.4 Å². The van der Waals surface area contributed by atoms with Crippen molar-refractivity contribution in [2.75, 3.05) is 0 Å². The Labute approximate surface area is 160 Å². The van der Waals surface area contributed by atoms with Crippen LogP contribution in [0.15, 0.2) is 39.0 Å². The summed E-state index contributed by atoms with van der Waals surface area (Å²) in [6, 6.07) is 0. The van der Waals surface area contributed by atoms with Gasteiger partial charge in [0.1, 0.15) is 0 Å². The van der Waals surface area contributed by atoms with Gasteiger partial charge in [0, 0.05) is 5.92 Å². The first-order chi connectivity index (χ1) is 12.0. The molecular weight excluding hydrogens is 312 g/mol. The van der Waals surface area contributed by atoms with Crippen LogP contribution in [0.25, 0.3) is 5.57 Å². The van der Waals surface area contributed by atoms with E-state index in [1.54, 1.807) is 5.57 Å². The second kappa shape index (κ2) is 6.12. The van der Waals surface area contributed by atoms with Gasteiger partial charge in [0.2, 0.25) is 0 Å². The van der Waals surface area contributed by atoms with E-state index in [2.05, 4.69) is 76.2 Å². The molecule has 0 aliphatic heterocycles. The first kappa shape index (κ1) is 19.0. The number of rotatable bonds is 1. The Hall–Kier alpha value is -1.82. The third kappa shape index (κ3) is 2.27. The summed E-state index contributed by atoms with van der Waals surface area (Å²) in [7, 11) is 0. The summed E-state index contributed by atoms with van der Waals surface area (Å²) in [5.41, 5.74) is 20.8. The van der Waals surface area contributed by atoms with E-state index < -0.39 is 0 Å². The van der Waals surface area contributed by atoms with Gasteiger partial charge in [-0.25, -0.2) is 0 Å². The minimum atomic E-state index is 0.467. The third-order valence-corrected chi connectivity index (χ3v) is 7.70. The Morgan fingerprint density at radius 2 is 0.885 bits per heavy atom. The second-order valence-electron chi connectivity index (χ2n) is 8.59. The molecule has 0 N–H and O–H groups in total. The lowest BCUT2D eigenvalue weighted by Crippen LogP contribution is -2.14. The average molecular weight is 347 g/mol. The van der Waals surface area contributed by atoms with Crippen molar-refractivity contribution < 1.29 is 0 Å². The molecule has 0 heteroatoms. The van der Waals surface area contributed by atoms with Crippen molar-refractivity contribution in [1.29, 1.82) is 0 Å². The number of allylic oxidation sites excluding steroid dienone is 8. The molecule has 1 unspecified atom stereocenters. The van der Waals surface area contributed by atoms with Gasteiger partial charge < -0.3 is 0 Å². The highest BCUT2D eigenvalue weighted by Gasteiger charge is 2.36. The Bertz CT molecular complexity index is 939. The van der Waals surface area contributed by atoms with Crippen LogP contribution < -0.4 is 0 Å². The molecule has 0 heterocycles. The lowest BCUT2D eigenvalue weighted by Gasteiger charge is -2.29. The monoisotopic (exact) mass is 346 g/mol. The largest absolute Gasteiger partial charge is 0.0585 e. The molecule has 0 fully saturated rings. The molecular formula is C26H34. The molecule has 26 heavy (non-hydrogen) atoms. The number of fused-ring (bicyclic) bond motifs is 1. The minimum absolute atomic E-state index is 0.467. The van der Waals surface area contributed by atoms with E-state index in [9.17, 15) is 0 Å². The zero-order valence-corrected chi connectivity index (χ0v) is 18.6. The highest BCUT2D eigenvalue weighted by Crippen LogP contribution is 2.53. The van der Waals surface area contributed by atoms with Gasteiger partial charge in [-0.3, -0.25) is 0 Å². The fraction of sp³-hybridized carbons (Fsp3) is 0.462. The van der Waals surface area contributed by atoms with Gasteiger partial charge in [-0.1, -0.05) is 11.1 Å². The van der Waals surface area contributed by atoms with E-state index in [0.29, 0.717) is 5.92 Å². The molecule has 1 aromatic carbocycles. The van der Waals surface area contributed by atoms with Crippen LogP contribution in [0, 0.1) is 40.5 Å². The predicted molar refractivity (Wildman–Crippen MR) is 116 cm³/mol. The van der Waals surface area contributed by atoms with Gasteiger partial charge in [0.15, 0.2) is 0 Å². The highest BCUT2D eigenvalue weighted by atomic mass is 14.4. The Morgan fingerprint density at radius 1 is 0.423 bits per heavy atom. The van der Waals surface area contributed by atoms with Crippen molar-refractivity contribution in [1.82, 2.24) is 0 Å². The van der Waals surface area contributed by atoms with E-state index in [1.165, 1.54) is 72.4 Å². The van der Waals surface area contributed by atoms with Crippen LogP contribution in [0.2, 0.25) is 0 Å². The summed E-state index contributed by atoms with van der Waals surface area (Å²) in [5.74, 6) is 0.467. The lowest BCUT2D eigenvalue weighted by molar-refractivity contribution is 0.816. The Balaban J connectivity index is 2.40. The molecule has 0 saturated heterocycles. The summed E-state index contributed by atoms with van der Waals surface area (Å²) < 4.78 is 0. The summed E-state index contributed by atoms with van der Waals surface area (Å²) in [5, 5.41) is 0. The van der Waals surface area contributed by atoms with Crippen LogP contribution >= 0.6 is 0 Å². The number of benzene rings is 1. The molecule has 0 nitrogen and oxygen atoms in total. The van der Waals surface area contributed by atoms with Gasteiger partial charge in [-0.05, 0) is 143 Å². The smallest absolute Gasteiger partial charge is 0.0272 e. The summed E-state index contributed by atoms with van der Waals surface area (Å²) in [4.78, 5) is 0. The molecule has 2 aliphatic carbocycles. The standard InChI is InChI=1S/C26H34/c1-12-13(2)17(6)23(18(7)14(12)3)26-21(10)24-19(8)15(4)16(5)20(9)25(24)22(26)11/h24H,1-11H3. The molecule has 0 spiro atoms. The average Bonchev–Trinajstić information content (AvgIpc) is 2.86. The zero-order chi connectivity index (χ0) is 19.7. The van der Waals surface area contributed by atoms with E-state index >= 15 is 0 Å². The van der Waals surface area contributed by atoms with Crippen LogP contribution in [-0.2, 0) is 0 Å². The van der Waals surface area contributed by atoms with Crippen LogP contribution in [0.1, 0.15) is 74.9 Å². The highest BCUT2D eigenvalue weighted by molar-refractivity contribution is 5.91. The minimum Gasteiger partial charge on any atom is -0.0585 e. The lowest BCUT2D eigenvalue weighted by atomic mass is 9.75. The molecule has 1 aromatic rings. The fourth-order valence-corrected chi connectivity index (χ4v) is 5.30. The van der Waals surface area contributed by atoms with Gasteiger partial charge in [-0.2, -0.15) is 0 Å². The fourth-order valence-electron chi connectivity index (χ4n) is 5.30. The van der Waals surface area contributed by atoms with Gasteiger partial charge in [0.25, 0.3) is 0 Å². The van der Waals surface area contributed by atoms with E-state index in [4.69, 9.17) is 0 Å². The maximum Gasteiger partial charge on any atom is 0.0272 e. The third-order valence-electron chi connectivity index (χ3n) is 7.70. The van der Waals surface area contributed by atoms with Crippen molar-refractivity contribution in [3.8, 4) is 0 Å². The molecule has 0 radical (unpaired) electrons. The topological polar surface area (TPSA) is 0 Å². The molecule has 138 valence electrons. The van der Waals surface area contributed by atoms with Crippen molar-refractivity contribution in [2.24, 2.45) is 5.92 Å². The molecule has 0 bridgehead atoms. The maximum atomic E-state index is 2.37. The molecule has 0 amide bonds. The SMILES string of the molecule is CC1=C(C)C2=C(C)C(c3c(C)c(C)c(C)c(C)c3C)=C(C)C2C(C)=C1C. The van der Waals surface area contributed by atoms with E-state index in [0.717, 1.165) is 0 Å². The first-order valence-corrected chi connectivity index (χ1v) is 9.87. The Kier molecular flexibility index (Phi) is 4.46. The molecule has 0 aromatic heterocycles. The van der Waals surface area contributed by atoms with Crippen molar-refractivity contribution in [2.45, 2.75) is 76.2 Å². The van der Waals surface area contributed by atoms with Gasteiger partial charge in [0.05, 0.1) is 0 Å². The van der Waals surface area contributed by atoms with Crippen LogP contribution in [0.3, 0.4) is 0 Å². The van der Waals surface area contributed by atoms with Crippen molar-refractivity contribution >= 4 is 5.57 Å². The molecule has 1 atom stereocenters. The summed E-state index contributed by atoms with van der Waals surface area (Å²) in [6.45, 7) is 25.4. The zero-order valence-electron chi connectivity index (χ0n) is 18.6. The van der Waals surface area contributed by atoms with Crippen molar-refractivity contribution in [3.63, 3.8) is 0 Å². The molecule has 3 rings (SSSR count). The number of hydrogen-bond donors (Lipinski definition) is 0.